The van der Waals surface area contributed by atoms with Gasteiger partial charge in [0, 0.05) is 26.6 Å². The minimum absolute atomic E-state index is 0.0336. The summed E-state index contributed by atoms with van der Waals surface area (Å²) in [7, 11) is 1.52. The summed E-state index contributed by atoms with van der Waals surface area (Å²) >= 11 is 0. The molecule has 0 aromatic carbocycles. The SMILES string of the molecule is CCOC(=O)c1c(C)oc(NC(=O)C2CC(=O)N(CCOC)C2)c1C(N)=O. The predicted octanol–water partition coefficient (Wildman–Crippen LogP) is 0.297. The first-order valence-corrected chi connectivity index (χ1v) is 8.48. The molecule has 2 rings (SSSR count). The molecule has 3 N–H and O–H groups in total. The Morgan fingerprint density at radius 2 is 2.04 bits per heavy atom. The number of rotatable bonds is 8. The van der Waals surface area contributed by atoms with Gasteiger partial charge in [0.05, 0.1) is 19.1 Å². The van der Waals surface area contributed by atoms with Crippen LogP contribution in [0.15, 0.2) is 4.42 Å². The third kappa shape index (κ3) is 4.45. The minimum Gasteiger partial charge on any atom is -0.462 e. The molecular weight excluding hydrogens is 358 g/mol. The summed E-state index contributed by atoms with van der Waals surface area (Å²) in [6.45, 7) is 4.16. The standard InChI is InChI=1S/C17H23N3O7/c1-4-26-17(24)12-9(2)27-16(13(12)14(18)22)19-15(23)10-7-11(21)20(8-10)5-6-25-3/h10H,4-8H2,1-3H3,(H2,18,22)(H,19,23). The molecule has 1 fully saturated rings. The topological polar surface area (TPSA) is 141 Å². The van der Waals surface area contributed by atoms with Crippen LogP contribution in [0.3, 0.4) is 0 Å². The van der Waals surface area contributed by atoms with Crippen LogP contribution in [-0.4, -0.2) is 62.0 Å². The van der Waals surface area contributed by atoms with Crippen LogP contribution in [0.1, 0.15) is 39.8 Å². The second kappa shape index (κ2) is 8.67. The third-order valence-electron chi connectivity index (χ3n) is 4.20. The van der Waals surface area contributed by atoms with Gasteiger partial charge in [-0.25, -0.2) is 4.79 Å². The van der Waals surface area contributed by atoms with Crippen molar-refractivity contribution < 1.29 is 33.1 Å². The zero-order valence-corrected chi connectivity index (χ0v) is 15.5. The molecule has 10 heteroatoms. The highest BCUT2D eigenvalue weighted by molar-refractivity contribution is 6.11. The maximum Gasteiger partial charge on any atom is 0.342 e. The van der Waals surface area contributed by atoms with Crippen LogP contribution in [0.5, 0.6) is 0 Å². The lowest BCUT2D eigenvalue weighted by atomic mass is 10.1. The van der Waals surface area contributed by atoms with Gasteiger partial charge in [0.15, 0.2) is 0 Å². The fraction of sp³-hybridized carbons (Fsp3) is 0.529. The third-order valence-corrected chi connectivity index (χ3v) is 4.20. The van der Waals surface area contributed by atoms with Gasteiger partial charge in [0.2, 0.25) is 17.7 Å². The number of anilines is 1. The molecule has 0 spiro atoms. The molecule has 1 atom stereocenters. The fourth-order valence-corrected chi connectivity index (χ4v) is 2.90. The number of amides is 3. The molecular formula is C17H23N3O7. The van der Waals surface area contributed by atoms with Gasteiger partial charge in [0.25, 0.3) is 5.91 Å². The average Bonchev–Trinajstić information content (AvgIpc) is 3.13. The molecule has 1 saturated heterocycles. The highest BCUT2D eigenvalue weighted by Gasteiger charge is 2.36. The number of primary amides is 1. The Morgan fingerprint density at radius 1 is 1.33 bits per heavy atom. The summed E-state index contributed by atoms with van der Waals surface area (Å²) in [5.74, 6) is -3.12. The Bertz CT molecular complexity index is 756. The number of nitrogens with one attached hydrogen (secondary N) is 1. The van der Waals surface area contributed by atoms with Gasteiger partial charge >= 0.3 is 5.97 Å². The van der Waals surface area contributed by atoms with E-state index in [0.717, 1.165) is 0 Å². The van der Waals surface area contributed by atoms with Crippen molar-refractivity contribution in [2.45, 2.75) is 20.3 Å². The van der Waals surface area contributed by atoms with E-state index in [1.54, 1.807) is 6.92 Å². The van der Waals surface area contributed by atoms with E-state index in [1.165, 1.54) is 18.9 Å². The first-order valence-electron chi connectivity index (χ1n) is 8.48. The number of hydrogen-bond donors (Lipinski definition) is 2. The zero-order chi connectivity index (χ0) is 20.1. The number of likely N-dealkylation sites (tertiary alicyclic amines) is 1. The Kier molecular flexibility index (Phi) is 6.56. The second-order valence-corrected chi connectivity index (χ2v) is 6.04. The normalized spacial score (nSPS) is 16.5. The lowest BCUT2D eigenvalue weighted by Gasteiger charge is -2.15. The number of methoxy groups -OCH3 is 1. The number of esters is 1. The molecule has 1 unspecified atom stereocenters. The number of carbonyl (C=O) groups is 4. The molecule has 3 amide bonds. The molecule has 1 aliphatic heterocycles. The summed E-state index contributed by atoms with van der Waals surface area (Å²) in [5, 5.41) is 2.46. The molecule has 10 nitrogen and oxygen atoms in total. The lowest BCUT2D eigenvalue weighted by molar-refractivity contribution is -0.128. The number of hydrogen-bond acceptors (Lipinski definition) is 7. The first-order chi connectivity index (χ1) is 12.8. The predicted molar refractivity (Wildman–Crippen MR) is 93.1 cm³/mol. The number of ether oxygens (including phenoxy) is 2. The van der Waals surface area contributed by atoms with Crippen molar-refractivity contribution in [3.8, 4) is 0 Å². The molecule has 27 heavy (non-hydrogen) atoms. The molecule has 2 heterocycles. The molecule has 0 bridgehead atoms. The van der Waals surface area contributed by atoms with Gasteiger partial charge in [-0.05, 0) is 13.8 Å². The first kappa shape index (κ1) is 20.4. The van der Waals surface area contributed by atoms with Crippen LogP contribution in [0, 0.1) is 12.8 Å². The second-order valence-electron chi connectivity index (χ2n) is 6.04. The maximum atomic E-state index is 12.5. The Hall–Kier alpha value is -2.88. The van der Waals surface area contributed by atoms with E-state index in [9.17, 15) is 19.2 Å². The van der Waals surface area contributed by atoms with Gasteiger partial charge < -0.3 is 24.5 Å². The van der Waals surface area contributed by atoms with Crippen molar-refractivity contribution in [3.63, 3.8) is 0 Å². The van der Waals surface area contributed by atoms with Crippen molar-refractivity contribution in [2.75, 3.05) is 38.7 Å². The van der Waals surface area contributed by atoms with Gasteiger partial charge in [-0.15, -0.1) is 0 Å². The van der Waals surface area contributed by atoms with Crippen molar-refractivity contribution in [1.82, 2.24) is 4.90 Å². The van der Waals surface area contributed by atoms with E-state index in [0.29, 0.717) is 13.2 Å². The molecule has 1 aromatic heterocycles. The highest BCUT2D eigenvalue weighted by Crippen LogP contribution is 2.29. The molecule has 1 aromatic rings. The van der Waals surface area contributed by atoms with E-state index in [1.807, 2.05) is 0 Å². The molecule has 1 aliphatic rings. The van der Waals surface area contributed by atoms with Crippen molar-refractivity contribution in [2.24, 2.45) is 11.7 Å². The summed E-state index contributed by atoms with van der Waals surface area (Å²) < 4.78 is 15.2. The van der Waals surface area contributed by atoms with Crippen LogP contribution in [0.4, 0.5) is 5.88 Å². The fourth-order valence-electron chi connectivity index (χ4n) is 2.90. The largest absolute Gasteiger partial charge is 0.462 e. The quantitative estimate of drug-likeness (QED) is 0.617. The highest BCUT2D eigenvalue weighted by atomic mass is 16.5. The summed E-state index contributed by atoms with van der Waals surface area (Å²) in [6, 6.07) is 0. The van der Waals surface area contributed by atoms with E-state index in [4.69, 9.17) is 19.6 Å². The average molecular weight is 381 g/mol. The number of furan rings is 1. The number of carbonyl (C=O) groups excluding carboxylic acids is 4. The Labute approximate surface area is 155 Å². The summed E-state index contributed by atoms with van der Waals surface area (Å²) in [6.07, 6.45) is 0.0336. The van der Waals surface area contributed by atoms with Gasteiger partial charge in [-0.1, -0.05) is 0 Å². The lowest BCUT2D eigenvalue weighted by Crippen LogP contribution is -2.31. The smallest absolute Gasteiger partial charge is 0.342 e. The molecule has 0 saturated carbocycles. The summed E-state index contributed by atoms with van der Waals surface area (Å²) in [5.41, 5.74) is 4.99. The van der Waals surface area contributed by atoms with Gasteiger partial charge in [0.1, 0.15) is 16.9 Å². The molecule has 0 aliphatic carbocycles. The van der Waals surface area contributed by atoms with Crippen LogP contribution >= 0.6 is 0 Å². The van der Waals surface area contributed by atoms with Crippen molar-refractivity contribution >= 4 is 29.6 Å². The summed E-state index contributed by atoms with van der Waals surface area (Å²) in [4.78, 5) is 49.9. The number of nitrogens with zero attached hydrogens (tertiary/aromatic N) is 1. The van der Waals surface area contributed by atoms with E-state index in [-0.39, 0.29) is 48.3 Å². The molecule has 148 valence electrons. The number of aryl methyl sites for hydroxylation is 1. The van der Waals surface area contributed by atoms with Gasteiger partial charge in [-0.3, -0.25) is 19.7 Å². The van der Waals surface area contributed by atoms with Crippen LogP contribution < -0.4 is 11.1 Å². The van der Waals surface area contributed by atoms with E-state index >= 15 is 0 Å². The monoisotopic (exact) mass is 381 g/mol. The maximum absolute atomic E-state index is 12.5. The van der Waals surface area contributed by atoms with Crippen molar-refractivity contribution in [3.05, 3.63) is 16.9 Å². The van der Waals surface area contributed by atoms with Crippen molar-refractivity contribution in [1.29, 1.82) is 0 Å². The van der Waals surface area contributed by atoms with Crippen LogP contribution in [-0.2, 0) is 19.1 Å². The van der Waals surface area contributed by atoms with E-state index in [2.05, 4.69) is 5.32 Å². The van der Waals surface area contributed by atoms with Crippen LogP contribution in [0.2, 0.25) is 0 Å². The Balaban J connectivity index is 2.19. The van der Waals surface area contributed by atoms with Crippen LogP contribution in [0.25, 0.3) is 0 Å². The zero-order valence-electron chi connectivity index (χ0n) is 15.5. The minimum atomic E-state index is -0.936. The number of nitrogens with two attached hydrogens (primary N) is 1. The molecule has 0 radical (unpaired) electrons. The van der Waals surface area contributed by atoms with Gasteiger partial charge in [-0.2, -0.15) is 0 Å². The van der Waals surface area contributed by atoms with E-state index < -0.39 is 23.7 Å². The Morgan fingerprint density at radius 3 is 2.63 bits per heavy atom.